The Bertz CT molecular complexity index is 539. The van der Waals surface area contributed by atoms with E-state index in [1.54, 1.807) is 13.0 Å². The number of phenols is 1. The fourth-order valence-electron chi connectivity index (χ4n) is 1.99. The van der Waals surface area contributed by atoms with Crippen molar-refractivity contribution in [3.63, 3.8) is 0 Å². The molecule has 0 aliphatic carbocycles. The van der Waals surface area contributed by atoms with Crippen molar-refractivity contribution in [3.05, 3.63) is 23.8 Å². The van der Waals surface area contributed by atoms with Crippen molar-refractivity contribution in [2.24, 2.45) is 0 Å². The molecule has 0 atom stereocenters. The van der Waals surface area contributed by atoms with E-state index in [9.17, 15) is 14.7 Å². The third-order valence-corrected chi connectivity index (χ3v) is 3.83. The molecule has 0 bridgehead atoms. The van der Waals surface area contributed by atoms with Gasteiger partial charge in [-0.15, -0.1) is 0 Å². The van der Waals surface area contributed by atoms with Gasteiger partial charge in [-0.3, -0.25) is 4.79 Å². The number of benzene rings is 1. The molecule has 22 heavy (non-hydrogen) atoms. The van der Waals surface area contributed by atoms with Crippen LogP contribution in [0, 0.1) is 0 Å². The van der Waals surface area contributed by atoms with Crippen molar-refractivity contribution in [3.8, 4) is 5.75 Å². The Morgan fingerprint density at radius 2 is 1.86 bits per heavy atom. The largest absolute Gasteiger partial charge is 0.507 e. The molecule has 0 saturated carbocycles. The van der Waals surface area contributed by atoms with Gasteiger partial charge in [-0.25, -0.2) is 4.79 Å². The highest BCUT2D eigenvalue weighted by molar-refractivity contribution is 5.95. The first-order chi connectivity index (χ1) is 10.3. The Balaban J connectivity index is 2.77. The lowest BCUT2D eigenvalue weighted by molar-refractivity contribution is -0.898. The number of amides is 1. The normalized spacial score (nSPS) is 11.1. The van der Waals surface area contributed by atoms with Gasteiger partial charge >= 0.3 is 5.97 Å². The lowest BCUT2D eigenvalue weighted by Gasteiger charge is -2.31. The van der Waals surface area contributed by atoms with Crippen LogP contribution >= 0.6 is 0 Å². The highest BCUT2D eigenvalue weighted by atomic mass is 16.5. The molecule has 0 radical (unpaired) electrons. The molecule has 0 spiro atoms. The number of likely N-dealkylation sites (N-methyl/N-ethyl adjacent to an activating group) is 1. The minimum atomic E-state index is -0.584. The van der Waals surface area contributed by atoms with Gasteiger partial charge in [0.1, 0.15) is 11.3 Å². The molecule has 0 aliphatic rings. The molecule has 122 valence electrons. The number of quaternary nitrogens is 1. The standard InChI is InChI=1S/C16H24N2O4/c1-5-18(4,6-2)11-15(20)17-12-8-9-13(14(19)10-12)16(21)22-7-3/h8-10H,5-7,11H2,1-4H3,(H-,17,19,20,21)/p+1. The zero-order chi connectivity index (χ0) is 16.8. The monoisotopic (exact) mass is 309 g/mol. The summed E-state index contributed by atoms with van der Waals surface area (Å²) >= 11 is 0. The number of carbonyl (C=O) groups excluding carboxylic acids is 2. The van der Waals surface area contributed by atoms with Crippen LogP contribution in [0.25, 0.3) is 0 Å². The minimum Gasteiger partial charge on any atom is -0.507 e. The Kier molecular flexibility index (Phi) is 6.37. The van der Waals surface area contributed by atoms with E-state index in [0.717, 1.165) is 13.1 Å². The topological polar surface area (TPSA) is 75.6 Å². The van der Waals surface area contributed by atoms with E-state index in [1.165, 1.54) is 12.1 Å². The summed E-state index contributed by atoms with van der Waals surface area (Å²) in [7, 11) is 2.01. The van der Waals surface area contributed by atoms with Crippen LogP contribution in [-0.4, -0.2) is 54.8 Å². The molecule has 0 unspecified atom stereocenters. The molecule has 2 N–H and O–H groups in total. The average molecular weight is 309 g/mol. The summed E-state index contributed by atoms with van der Waals surface area (Å²) in [5.74, 6) is -0.923. The number of aromatic hydroxyl groups is 1. The van der Waals surface area contributed by atoms with Crippen molar-refractivity contribution in [2.45, 2.75) is 20.8 Å². The van der Waals surface area contributed by atoms with Gasteiger partial charge in [0.25, 0.3) is 5.91 Å². The summed E-state index contributed by atoms with van der Waals surface area (Å²) in [6.45, 7) is 8.08. The Hall–Kier alpha value is -2.08. The van der Waals surface area contributed by atoms with Gasteiger partial charge in [-0.05, 0) is 32.9 Å². The Labute approximate surface area is 131 Å². The van der Waals surface area contributed by atoms with Crippen LogP contribution in [0.2, 0.25) is 0 Å². The highest BCUT2D eigenvalue weighted by Crippen LogP contribution is 2.23. The fraction of sp³-hybridized carbons (Fsp3) is 0.500. The number of hydrogen-bond donors (Lipinski definition) is 2. The van der Waals surface area contributed by atoms with Gasteiger partial charge in [-0.2, -0.15) is 0 Å². The number of hydrogen-bond acceptors (Lipinski definition) is 4. The minimum absolute atomic E-state index is 0.0857. The Morgan fingerprint density at radius 1 is 1.23 bits per heavy atom. The van der Waals surface area contributed by atoms with Crippen molar-refractivity contribution in [1.82, 2.24) is 0 Å². The van der Waals surface area contributed by atoms with Gasteiger partial charge in [0.2, 0.25) is 0 Å². The molecule has 0 fully saturated rings. The van der Waals surface area contributed by atoms with Crippen molar-refractivity contribution in [2.75, 3.05) is 38.6 Å². The molecule has 6 heteroatoms. The number of carbonyl (C=O) groups is 2. The van der Waals surface area contributed by atoms with Gasteiger partial charge < -0.3 is 19.6 Å². The predicted molar refractivity (Wildman–Crippen MR) is 84.8 cm³/mol. The molecule has 1 rings (SSSR count). The third-order valence-electron chi connectivity index (χ3n) is 3.83. The van der Waals surface area contributed by atoms with E-state index in [4.69, 9.17) is 4.74 Å². The van der Waals surface area contributed by atoms with Crippen molar-refractivity contribution in [1.29, 1.82) is 0 Å². The first kappa shape index (κ1) is 18.0. The number of anilines is 1. The third kappa shape index (κ3) is 4.73. The van der Waals surface area contributed by atoms with Crippen molar-refractivity contribution < 1.29 is 23.9 Å². The van der Waals surface area contributed by atoms with Crippen molar-refractivity contribution >= 4 is 17.6 Å². The molecule has 0 saturated heterocycles. The molecule has 0 aliphatic heterocycles. The van der Waals surface area contributed by atoms with E-state index in [0.29, 0.717) is 16.7 Å². The zero-order valence-corrected chi connectivity index (χ0v) is 13.7. The van der Waals surface area contributed by atoms with Crippen LogP contribution in [-0.2, 0) is 9.53 Å². The van der Waals surface area contributed by atoms with E-state index in [1.807, 2.05) is 20.9 Å². The smallest absolute Gasteiger partial charge is 0.341 e. The molecule has 0 heterocycles. The lowest BCUT2D eigenvalue weighted by Crippen LogP contribution is -2.48. The zero-order valence-electron chi connectivity index (χ0n) is 13.7. The summed E-state index contributed by atoms with van der Waals surface area (Å²) in [6.07, 6.45) is 0. The number of rotatable bonds is 7. The van der Waals surface area contributed by atoms with Gasteiger partial charge in [-0.1, -0.05) is 0 Å². The van der Waals surface area contributed by atoms with Crippen LogP contribution in [0.1, 0.15) is 31.1 Å². The first-order valence-corrected chi connectivity index (χ1v) is 7.48. The quantitative estimate of drug-likeness (QED) is 0.596. The second-order valence-electron chi connectivity index (χ2n) is 5.41. The molecule has 6 nitrogen and oxygen atoms in total. The van der Waals surface area contributed by atoms with Gasteiger partial charge in [0, 0.05) is 11.8 Å². The molecular weight excluding hydrogens is 284 g/mol. The number of nitrogens with one attached hydrogen (secondary N) is 1. The van der Waals surface area contributed by atoms with E-state index < -0.39 is 5.97 Å². The average Bonchev–Trinajstić information content (AvgIpc) is 2.47. The van der Waals surface area contributed by atoms with Crippen LogP contribution in [0.5, 0.6) is 5.75 Å². The first-order valence-electron chi connectivity index (χ1n) is 7.48. The maximum absolute atomic E-state index is 12.1. The number of esters is 1. The van der Waals surface area contributed by atoms with E-state index in [-0.39, 0.29) is 23.8 Å². The maximum atomic E-state index is 12.1. The number of ether oxygens (including phenoxy) is 1. The molecule has 0 aromatic heterocycles. The van der Waals surface area contributed by atoms with E-state index in [2.05, 4.69) is 5.32 Å². The second-order valence-corrected chi connectivity index (χ2v) is 5.41. The highest BCUT2D eigenvalue weighted by Gasteiger charge is 2.21. The molecule has 1 amide bonds. The van der Waals surface area contributed by atoms with Gasteiger partial charge in [0.15, 0.2) is 6.54 Å². The fourth-order valence-corrected chi connectivity index (χ4v) is 1.99. The summed E-state index contributed by atoms with van der Waals surface area (Å²) in [5, 5.41) is 12.6. The van der Waals surface area contributed by atoms with Crippen LogP contribution < -0.4 is 5.32 Å². The summed E-state index contributed by atoms with van der Waals surface area (Å²) < 4.78 is 5.47. The van der Waals surface area contributed by atoms with Crippen LogP contribution in [0.15, 0.2) is 18.2 Å². The summed E-state index contributed by atoms with van der Waals surface area (Å²) in [5.41, 5.74) is 0.539. The lowest BCUT2D eigenvalue weighted by atomic mass is 10.2. The maximum Gasteiger partial charge on any atom is 0.341 e. The molecule has 1 aromatic rings. The van der Waals surface area contributed by atoms with Gasteiger partial charge in [0.05, 0.1) is 26.7 Å². The summed E-state index contributed by atoms with van der Waals surface area (Å²) in [6, 6.07) is 4.37. The predicted octanol–water partition coefficient (Wildman–Crippen LogP) is 1.99. The number of phenolic OH excluding ortho intramolecular Hbond substituents is 1. The summed E-state index contributed by atoms with van der Waals surface area (Å²) in [4.78, 5) is 23.7. The second kappa shape index (κ2) is 7.79. The molecular formula is C16H25N2O4+. The molecule has 1 aromatic carbocycles. The SMILES string of the molecule is CCOC(=O)c1ccc(NC(=O)C[N+](C)(CC)CC)cc1O. The van der Waals surface area contributed by atoms with Crippen LogP contribution in [0.4, 0.5) is 5.69 Å². The van der Waals surface area contributed by atoms with E-state index >= 15 is 0 Å². The Morgan fingerprint density at radius 3 is 2.36 bits per heavy atom. The van der Waals surface area contributed by atoms with Crippen LogP contribution in [0.3, 0.4) is 0 Å². The number of nitrogens with zero attached hydrogens (tertiary/aromatic N) is 1.